The number of carbonyl (C=O) groups is 1. The molecule has 0 aliphatic heterocycles. The van der Waals surface area contributed by atoms with Crippen LogP contribution in [0.15, 0.2) is 48.6 Å². The molecule has 0 aliphatic rings. The van der Waals surface area contributed by atoms with Gasteiger partial charge in [0.05, 0.1) is 13.2 Å². The molecule has 0 saturated heterocycles. The second kappa shape index (κ2) is 46.5. The number of esters is 1. The van der Waals surface area contributed by atoms with Crippen LogP contribution in [-0.4, -0.2) is 37.0 Å². The summed E-state index contributed by atoms with van der Waals surface area (Å²) in [7, 11) is 0. The van der Waals surface area contributed by atoms with Crippen LogP contribution in [-0.2, 0) is 14.3 Å². The Bertz CT molecular complexity index is 828. The van der Waals surface area contributed by atoms with Crippen LogP contribution in [0.3, 0.4) is 0 Å². The van der Waals surface area contributed by atoms with Crippen LogP contribution in [0.1, 0.15) is 232 Å². The molecule has 1 atom stereocenters. The lowest BCUT2D eigenvalue weighted by Crippen LogP contribution is -2.27. The highest BCUT2D eigenvalue weighted by Gasteiger charge is 2.13. The first kappa shape index (κ1) is 51.4. The fourth-order valence-corrected chi connectivity index (χ4v) is 6.62. The second-order valence-electron chi connectivity index (χ2n) is 15.5. The summed E-state index contributed by atoms with van der Waals surface area (Å²) in [6, 6.07) is 0. The molecule has 310 valence electrons. The number of hydrogen-bond donors (Lipinski definition) is 1. The first-order chi connectivity index (χ1) is 26.2. The summed E-state index contributed by atoms with van der Waals surface area (Å²) >= 11 is 0. The molecule has 0 amide bonds. The minimum Gasteiger partial charge on any atom is -0.457 e. The Hall–Kier alpha value is -1.65. The van der Waals surface area contributed by atoms with Crippen molar-refractivity contribution in [2.24, 2.45) is 0 Å². The molecule has 1 N–H and O–H groups in total. The molecule has 0 fully saturated rings. The van der Waals surface area contributed by atoms with Crippen molar-refractivity contribution < 1.29 is 19.4 Å². The van der Waals surface area contributed by atoms with E-state index in [0.717, 1.165) is 32.1 Å². The van der Waals surface area contributed by atoms with Gasteiger partial charge < -0.3 is 14.6 Å². The molecule has 1 unspecified atom stereocenters. The summed E-state index contributed by atoms with van der Waals surface area (Å²) in [4.78, 5) is 12.2. The van der Waals surface area contributed by atoms with Crippen LogP contribution in [0.5, 0.6) is 0 Å². The molecule has 0 saturated carbocycles. The summed E-state index contributed by atoms with van der Waals surface area (Å²) < 4.78 is 11.2. The van der Waals surface area contributed by atoms with Crippen LogP contribution >= 0.6 is 0 Å². The molecule has 0 rings (SSSR count). The predicted octanol–water partition coefficient (Wildman–Crippen LogP) is 15.4. The molecule has 0 aliphatic carbocycles. The highest BCUT2D eigenvalue weighted by Crippen LogP contribution is 2.14. The van der Waals surface area contributed by atoms with Gasteiger partial charge in [0.1, 0.15) is 6.10 Å². The Morgan fingerprint density at radius 3 is 1.21 bits per heavy atom. The molecule has 0 aromatic rings. The van der Waals surface area contributed by atoms with Gasteiger partial charge in [-0.25, -0.2) is 0 Å². The van der Waals surface area contributed by atoms with E-state index >= 15 is 0 Å². The standard InChI is InChI=1S/C49H90O4/c1-3-5-7-9-11-13-15-17-19-21-23-24-25-26-27-28-30-32-34-36-38-40-42-44-49(51)53-48(46-50)47-52-45-43-41-39-37-35-33-31-29-22-20-18-16-14-12-10-8-6-4-2/h12,14-15,17-18,20-21,23,48,50H,3-11,13,16,19,22,24-47H2,1-2H3/b14-12-,17-15-,20-18-,23-21-. The molecule has 0 aromatic carbocycles. The van der Waals surface area contributed by atoms with E-state index in [2.05, 4.69) is 62.5 Å². The Labute approximate surface area is 331 Å². The molecular weight excluding hydrogens is 653 g/mol. The van der Waals surface area contributed by atoms with E-state index in [1.807, 2.05) is 0 Å². The fraction of sp³-hybridized carbons (Fsp3) is 0.816. The van der Waals surface area contributed by atoms with Gasteiger partial charge in [0.2, 0.25) is 0 Å². The van der Waals surface area contributed by atoms with E-state index in [1.165, 1.54) is 180 Å². The molecule has 0 radical (unpaired) electrons. The number of ether oxygens (including phenoxy) is 2. The highest BCUT2D eigenvalue weighted by atomic mass is 16.6. The van der Waals surface area contributed by atoms with Gasteiger partial charge >= 0.3 is 5.97 Å². The summed E-state index contributed by atoms with van der Waals surface area (Å²) in [5.74, 6) is -0.204. The van der Waals surface area contributed by atoms with Crippen LogP contribution < -0.4 is 0 Å². The summed E-state index contributed by atoms with van der Waals surface area (Å²) in [5, 5.41) is 9.62. The van der Waals surface area contributed by atoms with Crippen molar-refractivity contribution in [2.45, 2.75) is 238 Å². The highest BCUT2D eigenvalue weighted by molar-refractivity contribution is 5.69. The van der Waals surface area contributed by atoms with Crippen molar-refractivity contribution in [1.82, 2.24) is 0 Å². The largest absolute Gasteiger partial charge is 0.457 e. The van der Waals surface area contributed by atoms with Crippen molar-refractivity contribution in [3.63, 3.8) is 0 Å². The molecule has 0 aromatic heterocycles. The third-order valence-electron chi connectivity index (χ3n) is 10.1. The summed E-state index contributed by atoms with van der Waals surface area (Å²) in [5.41, 5.74) is 0. The second-order valence-corrected chi connectivity index (χ2v) is 15.5. The molecule has 0 heterocycles. The maximum absolute atomic E-state index is 12.2. The van der Waals surface area contributed by atoms with Crippen LogP contribution in [0.25, 0.3) is 0 Å². The van der Waals surface area contributed by atoms with Crippen molar-refractivity contribution >= 4 is 5.97 Å². The van der Waals surface area contributed by atoms with E-state index in [-0.39, 0.29) is 12.6 Å². The normalized spacial score (nSPS) is 12.7. The van der Waals surface area contributed by atoms with Crippen molar-refractivity contribution in [3.8, 4) is 0 Å². The molecule has 4 nitrogen and oxygen atoms in total. The van der Waals surface area contributed by atoms with E-state index in [0.29, 0.717) is 19.6 Å². The molecule has 4 heteroatoms. The summed E-state index contributed by atoms with van der Waals surface area (Å²) in [6.45, 7) is 5.32. The average Bonchev–Trinajstić information content (AvgIpc) is 3.16. The third kappa shape index (κ3) is 44.6. The van der Waals surface area contributed by atoms with Crippen molar-refractivity contribution in [2.75, 3.05) is 19.8 Å². The zero-order chi connectivity index (χ0) is 38.4. The molecule has 0 bridgehead atoms. The van der Waals surface area contributed by atoms with Gasteiger partial charge in [-0.1, -0.05) is 197 Å². The van der Waals surface area contributed by atoms with E-state index < -0.39 is 6.10 Å². The van der Waals surface area contributed by atoms with Gasteiger partial charge in [0, 0.05) is 13.0 Å². The number of allylic oxidation sites excluding steroid dienone is 8. The predicted molar refractivity (Wildman–Crippen MR) is 233 cm³/mol. The lowest BCUT2D eigenvalue weighted by atomic mass is 10.0. The minimum atomic E-state index is -0.539. The number of aliphatic hydroxyl groups is 1. The number of aliphatic hydroxyl groups excluding tert-OH is 1. The fourth-order valence-electron chi connectivity index (χ4n) is 6.62. The topological polar surface area (TPSA) is 55.8 Å². The number of hydrogen-bond acceptors (Lipinski definition) is 4. The van der Waals surface area contributed by atoms with Gasteiger partial charge in [-0.15, -0.1) is 0 Å². The van der Waals surface area contributed by atoms with Crippen molar-refractivity contribution in [1.29, 1.82) is 0 Å². The SMILES string of the molecule is CCCCC/C=C\C/C=C\CCCCCCCCCCOCC(CO)OC(=O)CCCCCCCCCCCCC/C=C\C/C=C\CCCCCCC. The maximum atomic E-state index is 12.2. The monoisotopic (exact) mass is 743 g/mol. The first-order valence-electron chi connectivity index (χ1n) is 23.2. The number of unbranched alkanes of at least 4 members (excludes halogenated alkanes) is 27. The maximum Gasteiger partial charge on any atom is 0.306 e. The minimum absolute atomic E-state index is 0.175. The van der Waals surface area contributed by atoms with E-state index in [4.69, 9.17) is 9.47 Å². The Kier molecular flexibility index (Phi) is 45.1. The zero-order valence-electron chi connectivity index (χ0n) is 35.5. The zero-order valence-corrected chi connectivity index (χ0v) is 35.5. The first-order valence-corrected chi connectivity index (χ1v) is 23.2. The lowest BCUT2D eigenvalue weighted by molar-refractivity contribution is -0.154. The Morgan fingerprint density at radius 1 is 0.453 bits per heavy atom. The van der Waals surface area contributed by atoms with Crippen LogP contribution in [0, 0.1) is 0 Å². The Morgan fingerprint density at radius 2 is 0.792 bits per heavy atom. The smallest absolute Gasteiger partial charge is 0.306 e. The lowest BCUT2D eigenvalue weighted by Gasteiger charge is -2.16. The average molecular weight is 743 g/mol. The van der Waals surface area contributed by atoms with E-state index in [9.17, 15) is 9.90 Å². The quantitative estimate of drug-likeness (QED) is 0.0384. The number of carbonyl (C=O) groups excluding carboxylic acids is 1. The summed E-state index contributed by atoms with van der Waals surface area (Å²) in [6.07, 6.45) is 60.3. The van der Waals surface area contributed by atoms with E-state index in [1.54, 1.807) is 0 Å². The molecule has 0 spiro atoms. The number of rotatable bonds is 43. The van der Waals surface area contributed by atoms with Crippen LogP contribution in [0.2, 0.25) is 0 Å². The molecule has 53 heavy (non-hydrogen) atoms. The van der Waals surface area contributed by atoms with Gasteiger partial charge in [-0.2, -0.15) is 0 Å². The van der Waals surface area contributed by atoms with Gasteiger partial charge in [-0.3, -0.25) is 4.79 Å². The van der Waals surface area contributed by atoms with Crippen molar-refractivity contribution in [3.05, 3.63) is 48.6 Å². The molecular formula is C49H90O4. The van der Waals surface area contributed by atoms with Gasteiger partial charge in [-0.05, 0) is 77.0 Å². The Balaban J connectivity index is 3.43. The van der Waals surface area contributed by atoms with Gasteiger partial charge in [0.15, 0.2) is 0 Å². The van der Waals surface area contributed by atoms with Gasteiger partial charge in [0.25, 0.3) is 0 Å². The van der Waals surface area contributed by atoms with Crippen LogP contribution in [0.4, 0.5) is 0 Å². The third-order valence-corrected chi connectivity index (χ3v) is 10.1.